The summed E-state index contributed by atoms with van der Waals surface area (Å²) in [6.07, 6.45) is 2.33. The van der Waals surface area contributed by atoms with E-state index in [1.54, 1.807) is 6.07 Å². The summed E-state index contributed by atoms with van der Waals surface area (Å²) in [4.78, 5) is 12.6. The van der Waals surface area contributed by atoms with Gasteiger partial charge in [-0.15, -0.1) is 0 Å². The molecule has 1 saturated carbocycles. The van der Waals surface area contributed by atoms with Crippen LogP contribution in [0.1, 0.15) is 18.4 Å². The molecule has 0 heterocycles. The molecule has 18 heavy (non-hydrogen) atoms. The molecule has 0 radical (unpaired) electrons. The smallest absolute Gasteiger partial charge is 0.317 e. The van der Waals surface area contributed by atoms with Crippen LogP contribution in [0.3, 0.4) is 0 Å². The zero-order valence-corrected chi connectivity index (χ0v) is 10.0. The van der Waals surface area contributed by atoms with Crippen molar-refractivity contribution in [2.24, 2.45) is 5.92 Å². The number of carboxylic acids is 1. The largest absolute Gasteiger partial charge is 0.504 e. The molecule has 5 nitrogen and oxygen atoms in total. The maximum absolute atomic E-state index is 10.8. The molecule has 5 heteroatoms. The first-order valence-electron chi connectivity index (χ1n) is 5.99. The van der Waals surface area contributed by atoms with E-state index >= 15 is 0 Å². The van der Waals surface area contributed by atoms with E-state index < -0.39 is 5.97 Å². The van der Waals surface area contributed by atoms with Crippen LogP contribution in [-0.2, 0) is 11.3 Å². The van der Waals surface area contributed by atoms with Crippen molar-refractivity contribution in [1.82, 2.24) is 4.90 Å². The van der Waals surface area contributed by atoms with Crippen LogP contribution >= 0.6 is 0 Å². The van der Waals surface area contributed by atoms with Gasteiger partial charge in [0.05, 0.1) is 6.54 Å². The number of nitrogens with zero attached hydrogens (tertiary/aromatic N) is 1. The molecule has 3 N–H and O–H groups in total. The number of hydrogen-bond donors (Lipinski definition) is 3. The van der Waals surface area contributed by atoms with Crippen LogP contribution in [-0.4, -0.2) is 39.3 Å². The number of phenolic OH excluding ortho intramolecular Hbond substituents is 2. The molecule has 0 bridgehead atoms. The topological polar surface area (TPSA) is 81.0 Å². The lowest BCUT2D eigenvalue weighted by molar-refractivity contribution is -0.138. The van der Waals surface area contributed by atoms with E-state index in [9.17, 15) is 15.0 Å². The Morgan fingerprint density at radius 2 is 2.00 bits per heavy atom. The molecule has 1 aliphatic carbocycles. The van der Waals surface area contributed by atoms with E-state index in [0.29, 0.717) is 12.5 Å². The molecule has 0 amide bonds. The second-order valence-electron chi connectivity index (χ2n) is 4.83. The minimum atomic E-state index is -0.848. The lowest BCUT2D eigenvalue weighted by atomic mass is 10.2. The van der Waals surface area contributed by atoms with E-state index in [-0.39, 0.29) is 18.0 Å². The van der Waals surface area contributed by atoms with Crippen molar-refractivity contribution in [3.63, 3.8) is 0 Å². The van der Waals surface area contributed by atoms with Crippen molar-refractivity contribution < 1.29 is 20.1 Å². The number of rotatable bonds is 6. The Hall–Kier alpha value is -1.75. The highest BCUT2D eigenvalue weighted by Gasteiger charge is 2.25. The van der Waals surface area contributed by atoms with Crippen LogP contribution in [0.2, 0.25) is 0 Å². The summed E-state index contributed by atoms with van der Waals surface area (Å²) < 4.78 is 0. The Balaban J connectivity index is 2.01. The number of benzene rings is 1. The summed E-state index contributed by atoms with van der Waals surface area (Å²) in [7, 11) is 0. The molecule has 1 aliphatic rings. The SMILES string of the molecule is O=C(O)CN(Cc1ccc(O)c(O)c1)CC1CC1. The number of aliphatic carboxylic acids is 1. The summed E-state index contributed by atoms with van der Waals surface area (Å²) in [5, 5.41) is 27.5. The van der Waals surface area contributed by atoms with Crippen LogP contribution in [0.15, 0.2) is 18.2 Å². The molecule has 2 rings (SSSR count). The maximum atomic E-state index is 10.8. The van der Waals surface area contributed by atoms with Gasteiger partial charge in [-0.3, -0.25) is 9.69 Å². The van der Waals surface area contributed by atoms with Crippen molar-refractivity contribution in [3.8, 4) is 11.5 Å². The molecule has 0 aromatic heterocycles. The zero-order chi connectivity index (χ0) is 13.1. The minimum absolute atomic E-state index is 0.00185. The quantitative estimate of drug-likeness (QED) is 0.666. The number of carboxylic acid groups (broad SMARTS) is 1. The minimum Gasteiger partial charge on any atom is -0.504 e. The van der Waals surface area contributed by atoms with Crippen LogP contribution in [0.4, 0.5) is 0 Å². The summed E-state index contributed by atoms with van der Waals surface area (Å²) >= 11 is 0. The molecule has 0 saturated heterocycles. The Labute approximate surface area is 105 Å². The summed E-state index contributed by atoms with van der Waals surface area (Å²) in [6, 6.07) is 4.58. The molecular formula is C13H17NO4. The Kier molecular flexibility index (Phi) is 3.72. The molecule has 1 fully saturated rings. The third-order valence-corrected chi connectivity index (χ3v) is 3.02. The van der Waals surface area contributed by atoms with Gasteiger partial charge in [0, 0.05) is 13.1 Å². The predicted molar refractivity (Wildman–Crippen MR) is 65.4 cm³/mol. The Bertz CT molecular complexity index is 443. The zero-order valence-electron chi connectivity index (χ0n) is 10.0. The van der Waals surface area contributed by atoms with Crippen molar-refractivity contribution >= 4 is 5.97 Å². The van der Waals surface area contributed by atoms with Gasteiger partial charge in [0.1, 0.15) is 0 Å². The average molecular weight is 251 g/mol. The molecule has 0 aliphatic heterocycles. The Morgan fingerprint density at radius 3 is 2.56 bits per heavy atom. The van der Waals surface area contributed by atoms with Crippen LogP contribution in [0.5, 0.6) is 11.5 Å². The third-order valence-electron chi connectivity index (χ3n) is 3.02. The molecule has 98 valence electrons. The molecule has 1 aromatic carbocycles. The second-order valence-corrected chi connectivity index (χ2v) is 4.83. The lowest BCUT2D eigenvalue weighted by Crippen LogP contribution is -2.31. The van der Waals surface area contributed by atoms with Crippen LogP contribution in [0.25, 0.3) is 0 Å². The Morgan fingerprint density at radius 1 is 1.28 bits per heavy atom. The third kappa shape index (κ3) is 3.63. The fourth-order valence-corrected chi connectivity index (χ4v) is 1.97. The lowest BCUT2D eigenvalue weighted by Gasteiger charge is -2.20. The standard InChI is InChI=1S/C13H17NO4/c15-11-4-3-10(5-12(11)16)7-14(8-13(17)18)6-9-1-2-9/h3-5,9,15-16H,1-2,6-8H2,(H,17,18). The fraction of sp³-hybridized carbons (Fsp3) is 0.462. The first kappa shape index (κ1) is 12.7. The number of carbonyl (C=O) groups is 1. The molecule has 0 atom stereocenters. The van der Waals surface area contributed by atoms with Gasteiger partial charge in [-0.25, -0.2) is 0 Å². The van der Waals surface area contributed by atoms with Gasteiger partial charge in [-0.1, -0.05) is 6.07 Å². The van der Waals surface area contributed by atoms with Gasteiger partial charge >= 0.3 is 5.97 Å². The predicted octanol–water partition coefficient (Wildman–Crippen LogP) is 1.39. The summed E-state index contributed by atoms with van der Waals surface area (Å²) in [5.41, 5.74) is 0.798. The van der Waals surface area contributed by atoms with Gasteiger partial charge in [-0.05, 0) is 36.5 Å². The number of hydrogen-bond acceptors (Lipinski definition) is 4. The van der Waals surface area contributed by atoms with Crippen molar-refractivity contribution in [1.29, 1.82) is 0 Å². The van der Waals surface area contributed by atoms with E-state index in [1.807, 2.05) is 4.90 Å². The highest BCUT2D eigenvalue weighted by molar-refractivity contribution is 5.69. The van der Waals surface area contributed by atoms with Crippen molar-refractivity contribution in [2.45, 2.75) is 19.4 Å². The average Bonchev–Trinajstić information content (AvgIpc) is 3.06. The second kappa shape index (κ2) is 5.27. The number of aromatic hydroxyl groups is 2. The van der Waals surface area contributed by atoms with E-state index in [2.05, 4.69) is 0 Å². The van der Waals surface area contributed by atoms with Crippen LogP contribution < -0.4 is 0 Å². The summed E-state index contributed by atoms with van der Waals surface area (Å²) in [5.74, 6) is -0.575. The van der Waals surface area contributed by atoms with Gasteiger partial charge in [0.15, 0.2) is 11.5 Å². The van der Waals surface area contributed by atoms with Gasteiger partial charge in [0.2, 0.25) is 0 Å². The fourth-order valence-electron chi connectivity index (χ4n) is 1.97. The molecular weight excluding hydrogens is 234 g/mol. The molecule has 0 unspecified atom stereocenters. The molecule has 1 aromatic rings. The normalized spacial score (nSPS) is 14.9. The van der Waals surface area contributed by atoms with Crippen molar-refractivity contribution in [3.05, 3.63) is 23.8 Å². The van der Waals surface area contributed by atoms with E-state index in [0.717, 1.165) is 24.9 Å². The van der Waals surface area contributed by atoms with E-state index in [4.69, 9.17) is 5.11 Å². The highest BCUT2D eigenvalue weighted by Crippen LogP contribution is 2.31. The molecule has 0 spiro atoms. The van der Waals surface area contributed by atoms with E-state index in [1.165, 1.54) is 12.1 Å². The van der Waals surface area contributed by atoms with Gasteiger partial charge < -0.3 is 15.3 Å². The number of phenols is 2. The van der Waals surface area contributed by atoms with Gasteiger partial charge in [0.25, 0.3) is 0 Å². The van der Waals surface area contributed by atoms with Gasteiger partial charge in [-0.2, -0.15) is 0 Å². The summed E-state index contributed by atoms with van der Waals surface area (Å²) in [6.45, 7) is 1.24. The monoisotopic (exact) mass is 251 g/mol. The van der Waals surface area contributed by atoms with Crippen molar-refractivity contribution in [2.75, 3.05) is 13.1 Å². The maximum Gasteiger partial charge on any atom is 0.317 e. The van der Waals surface area contributed by atoms with Crippen LogP contribution in [0, 0.1) is 5.92 Å². The first-order valence-corrected chi connectivity index (χ1v) is 5.99. The highest BCUT2D eigenvalue weighted by atomic mass is 16.4. The first-order chi connectivity index (χ1) is 8.54.